The summed E-state index contributed by atoms with van der Waals surface area (Å²) in [6, 6.07) is 10.9. The van der Waals surface area contributed by atoms with Crippen LogP contribution in [0.2, 0.25) is 0 Å². The first-order chi connectivity index (χ1) is 12.6. The largest absolute Gasteiger partial charge is 0.350 e. The van der Waals surface area contributed by atoms with Gasteiger partial charge in [0.2, 0.25) is 10.0 Å². The van der Waals surface area contributed by atoms with Crippen molar-refractivity contribution in [1.82, 2.24) is 10.2 Å². The summed E-state index contributed by atoms with van der Waals surface area (Å²) >= 11 is 0. The molecule has 146 valence electrons. The lowest BCUT2D eigenvalue weighted by atomic mass is 10.1. The second-order valence-electron chi connectivity index (χ2n) is 6.65. The van der Waals surface area contributed by atoms with Crippen LogP contribution < -0.4 is 10.0 Å². The van der Waals surface area contributed by atoms with Crippen LogP contribution in [0, 0.1) is 12.7 Å². The van der Waals surface area contributed by atoms with E-state index < -0.39 is 10.0 Å². The number of likely N-dealkylation sites (N-methyl/N-ethyl adjacent to an activating group) is 1. The molecule has 8 heteroatoms. The van der Waals surface area contributed by atoms with Crippen molar-refractivity contribution in [2.45, 2.75) is 13.0 Å². The van der Waals surface area contributed by atoms with E-state index in [4.69, 9.17) is 0 Å². The van der Waals surface area contributed by atoms with Gasteiger partial charge in [-0.15, -0.1) is 0 Å². The highest BCUT2D eigenvalue weighted by Gasteiger charge is 2.17. The molecular weight excluding hydrogens is 369 g/mol. The standard InChI is InChI=1S/C19H24FN3O3S/c1-13-8-9-15(11-17(13)22-27(4,25)26)19(24)21-12-18(23(2)3)14-6-5-7-16(20)10-14/h5-11,18,22H,12H2,1-4H3,(H,21,24). The van der Waals surface area contributed by atoms with Crippen LogP contribution in [0.3, 0.4) is 0 Å². The Balaban J connectivity index is 2.15. The number of nitrogens with zero attached hydrogens (tertiary/aromatic N) is 1. The van der Waals surface area contributed by atoms with E-state index in [2.05, 4.69) is 10.0 Å². The number of benzene rings is 2. The monoisotopic (exact) mass is 393 g/mol. The molecular formula is C19H24FN3O3S. The van der Waals surface area contributed by atoms with Crippen LogP contribution in [0.15, 0.2) is 42.5 Å². The molecule has 2 rings (SSSR count). The molecule has 2 aromatic rings. The number of sulfonamides is 1. The highest BCUT2D eigenvalue weighted by atomic mass is 32.2. The summed E-state index contributed by atoms with van der Waals surface area (Å²) in [4.78, 5) is 14.4. The number of hydrogen-bond acceptors (Lipinski definition) is 4. The molecule has 1 atom stereocenters. The number of amides is 1. The smallest absolute Gasteiger partial charge is 0.251 e. The van der Waals surface area contributed by atoms with E-state index >= 15 is 0 Å². The van der Waals surface area contributed by atoms with E-state index in [1.165, 1.54) is 18.2 Å². The van der Waals surface area contributed by atoms with Crippen LogP contribution in [0.5, 0.6) is 0 Å². The third-order valence-electron chi connectivity index (χ3n) is 4.11. The quantitative estimate of drug-likeness (QED) is 0.758. The molecule has 1 unspecified atom stereocenters. The number of carbonyl (C=O) groups excluding carboxylic acids is 1. The maximum Gasteiger partial charge on any atom is 0.251 e. The average molecular weight is 393 g/mol. The zero-order valence-electron chi connectivity index (χ0n) is 15.8. The molecule has 0 fully saturated rings. The second kappa shape index (κ2) is 8.49. The molecule has 0 spiro atoms. The predicted octanol–water partition coefficient (Wildman–Crippen LogP) is 2.54. The summed E-state index contributed by atoms with van der Waals surface area (Å²) < 4.78 is 38.8. The van der Waals surface area contributed by atoms with Crippen LogP contribution in [-0.2, 0) is 10.0 Å². The normalized spacial score (nSPS) is 12.7. The Morgan fingerprint density at radius 1 is 1.19 bits per heavy atom. The summed E-state index contributed by atoms with van der Waals surface area (Å²) in [5.74, 6) is -0.671. The van der Waals surface area contributed by atoms with Crippen molar-refractivity contribution < 1.29 is 17.6 Å². The van der Waals surface area contributed by atoms with Gasteiger partial charge in [-0.3, -0.25) is 9.52 Å². The molecule has 0 aliphatic heterocycles. The van der Waals surface area contributed by atoms with E-state index in [9.17, 15) is 17.6 Å². The van der Waals surface area contributed by atoms with Crippen molar-refractivity contribution in [1.29, 1.82) is 0 Å². The van der Waals surface area contributed by atoms with Gasteiger partial charge in [-0.05, 0) is 56.4 Å². The molecule has 27 heavy (non-hydrogen) atoms. The molecule has 0 bridgehead atoms. The van der Waals surface area contributed by atoms with Crippen molar-refractivity contribution in [2.75, 3.05) is 31.6 Å². The molecule has 0 saturated carbocycles. The molecule has 0 saturated heterocycles. The van der Waals surface area contributed by atoms with Gasteiger partial charge in [0.05, 0.1) is 18.0 Å². The Morgan fingerprint density at radius 3 is 2.48 bits per heavy atom. The minimum atomic E-state index is -3.44. The van der Waals surface area contributed by atoms with Crippen molar-refractivity contribution in [2.24, 2.45) is 0 Å². The first-order valence-corrected chi connectivity index (χ1v) is 10.2. The van der Waals surface area contributed by atoms with Gasteiger partial charge in [0, 0.05) is 12.1 Å². The Hall–Kier alpha value is -2.45. The zero-order chi connectivity index (χ0) is 20.2. The topological polar surface area (TPSA) is 78.5 Å². The van der Waals surface area contributed by atoms with Gasteiger partial charge >= 0.3 is 0 Å². The Labute approximate surface area is 159 Å². The van der Waals surface area contributed by atoms with Gasteiger partial charge < -0.3 is 10.2 Å². The molecule has 6 nitrogen and oxygen atoms in total. The Morgan fingerprint density at radius 2 is 1.89 bits per heavy atom. The SMILES string of the molecule is Cc1ccc(C(=O)NCC(c2cccc(F)c2)N(C)C)cc1NS(C)(=O)=O. The fourth-order valence-electron chi connectivity index (χ4n) is 2.68. The average Bonchev–Trinajstić information content (AvgIpc) is 2.55. The molecule has 0 radical (unpaired) electrons. The van der Waals surface area contributed by atoms with Gasteiger partial charge in [0.25, 0.3) is 5.91 Å². The summed E-state index contributed by atoms with van der Waals surface area (Å²) in [5.41, 5.74) is 2.16. The number of rotatable bonds is 7. The van der Waals surface area contributed by atoms with Crippen molar-refractivity contribution in [3.8, 4) is 0 Å². The van der Waals surface area contributed by atoms with Crippen molar-refractivity contribution in [3.63, 3.8) is 0 Å². The molecule has 0 aliphatic carbocycles. The summed E-state index contributed by atoms with van der Waals surface area (Å²) in [6.07, 6.45) is 1.06. The summed E-state index contributed by atoms with van der Waals surface area (Å²) in [6.45, 7) is 2.03. The lowest BCUT2D eigenvalue weighted by molar-refractivity contribution is 0.0942. The Kier molecular flexibility index (Phi) is 6.56. The van der Waals surface area contributed by atoms with Gasteiger partial charge in [-0.1, -0.05) is 18.2 Å². The van der Waals surface area contributed by atoms with Crippen LogP contribution in [-0.4, -0.2) is 46.1 Å². The van der Waals surface area contributed by atoms with E-state index in [1.54, 1.807) is 31.2 Å². The summed E-state index contributed by atoms with van der Waals surface area (Å²) in [7, 11) is 0.255. The van der Waals surface area contributed by atoms with Crippen LogP contribution >= 0.6 is 0 Å². The number of anilines is 1. The van der Waals surface area contributed by atoms with E-state index in [0.717, 1.165) is 11.8 Å². The second-order valence-corrected chi connectivity index (χ2v) is 8.40. The third-order valence-corrected chi connectivity index (χ3v) is 4.70. The molecule has 2 aromatic carbocycles. The number of carbonyl (C=O) groups is 1. The fraction of sp³-hybridized carbons (Fsp3) is 0.316. The van der Waals surface area contributed by atoms with Crippen LogP contribution in [0.1, 0.15) is 27.5 Å². The van der Waals surface area contributed by atoms with Gasteiger partial charge in [-0.25, -0.2) is 12.8 Å². The lowest BCUT2D eigenvalue weighted by Gasteiger charge is -2.25. The number of hydrogen-bond donors (Lipinski definition) is 2. The van der Waals surface area contributed by atoms with Crippen molar-refractivity contribution >= 4 is 21.6 Å². The lowest BCUT2D eigenvalue weighted by Crippen LogP contribution is -2.34. The number of nitrogens with one attached hydrogen (secondary N) is 2. The van der Waals surface area contributed by atoms with Gasteiger partial charge in [-0.2, -0.15) is 0 Å². The molecule has 0 aliphatic rings. The molecule has 0 heterocycles. The first kappa shape index (κ1) is 20.9. The van der Waals surface area contributed by atoms with E-state index in [-0.39, 0.29) is 24.3 Å². The molecule has 0 aromatic heterocycles. The number of halogens is 1. The minimum absolute atomic E-state index is 0.205. The molecule has 1 amide bonds. The number of aryl methyl sites for hydroxylation is 1. The fourth-order valence-corrected chi connectivity index (χ4v) is 3.30. The van der Waals surface area contributed by atoms with Gasteiger partial charge in [0.1, 0.15) is 5.82 Å². The van der Waals surface area contributed by atoms with Crippen LogP contribution in [0.25, 0.3) is 0 Å². The van der Waals surface area contributed by atoms with Gasteiger partial charge in [0.15, 0.2) is 0 Å². The zero-order valence-corrected chi connectivity index (χ0v) is 16.6. The third kappa shape index (κ3) is 6.04. The highest BCUT2D eigenvalue weighted by molar-refractivity contribution is 7.92. The van der Waals surface area contributed by atoms with Crippen LogP contribution in [0.4, 0.5) is 10.1 Å². The summed E-state index contributed by atoms with van der Waals surface area (Å²) in [5, 5.41) is 2.83. The van der Waals surface area contributed by atoms with E-state index in [0.29, 0.717) is 16.8 Å². The highest BCUT2D eigenvalue weighted by Crippen LogP contribution is 2.20. The molecule has 2 N–H and O–H groups in total. The van der Waals surface area contributed by atoms with E-state index in [1.807, 2.05) is 19.0 Å². The maximum atomic E-state index is 13.5. The maximum absolute atomic E-state index is 13.5. The van der Waals surface area contributed by atoms with Crippen molar-refractivity contribution in [3.05, 3.63) is 65.0 Å². The Bertz CT molecular complexity index is 930. The first-order valence-electron chi connectivity index (χ1n) is 8.35. The predicted molar refractivity (Wildman–Crippen MR) is 105 cm³/mol. The minimum Gasteiger partial charge on any atom is -0.350 e.